The Bertz CT molecular complexity index is 559. The molecule has 2 aromatic carbocycles. The van der Waals surface area contributed by atoms with E-state index in [2.05, 4.69) is 24.3 Å². The predicted molar refractivity (Wildman–Crippen MR) is 81.3 cm³/mol. The summed E-state index contributed by atoms with van der Waals surface area (Å²) in [4.78, 5) is 0. The van der Waals surface area contributed by atoms with Gasteiger partial charge >= 0.3 is 0 Å². The Hall–Kier alpha value is -1.89. The van der Waals surface area contributed by atoms with E-state index in [4.69, 9.17) is 0 Å². The van der Waals surface area contributed by atoms with Gasteiger partial charge in [0.25, 0.3) is 0 Å². The maximum atomic E-state index is 14.3. The first-order chi connectivity index (χ1) is 9.72. The molecule has 1 atom stereocenters. The largest absolute Gasteiger partial charge is 0.212 e. The highest BCUT2D eigenvalue weighted by Crippen LogP contribution is 2.44. The van der Waals surface area contributed by atoms with Gasteiger partial charge in [-0.3, -0.25) is 0 Å². The fourth-order valence-corrected chi connectivity index (χ4v) is 3.13. The number of hydrogen-bond donors (Lipinski definition) is 0. The van der Waals surface area contributed by atoms with Crippen molar-refractivity contribution in [2.24, 2.45) is 5.92 Å². The summed E-state index contributed by atoms with van der Waals surface area (Å²) in [6.07, 6.45) is 3.67. The molecule has 0 heterocycles. The van der Waals surface area contributed by atoms with Gasteiger partial charge in [0.1, 0.15) is 0 Å². The molecule has 0 spiro atoms. The van der Waals surface area contributed by atoms with Gasteiger partial charge in [-0.2, -0.15) is 0 Å². The fraction of sp³-hybridized carbons (Fsp3) is 0.263. The van der Waals surface area contributed by atoms with Crippen LogP contribution in [0.4, 0.5) is 4.39 Å². The van der Waals surface area contributed by atoms with Crippen molar-refractivity contribution in [1.29, 1.82) is 0 Å². The van der Waals surface area contributed by atoms with Crippen LogP contribution in [0.15, 0.2) is 72.6 Å². The van der Waals surface area contributed by atoms with Gasteiger partial charge < -0.3 is 0 Å². The SMILES string of the molecule is CC1CCC(c2ccccc2)(c2ccccc2)C=C1F. The molecule has 0 aromatic heterocycles. The summed E-state index contributed by atoms with van der Waals surface area (Å²) < 4.78 is 14.3. The van der Waals surface area contributed by atoms with Crippen molar-refractivity contribution in [2.45, 2.75) is 25.2 Å². The van der Waals surface area contributed by atoms with Crippen LogP contribution in [0.2, 0.25) is 0 Å². The van der Waals surface area contributed by atoms with Crippen molar-refractivity contribution in [3.63, 3.8) is 0 Å². The first-order valence-corrected chi connectivity index (χ1v) is 7.22. The molecule has 0 aliphatic heterocycles. The zero-order valence-corrected chi connectivity index (χ0v) is 11.7. The van der Waals surface area contributed by atoms with Gasteiger partial charge in [-0.25, -0.2) is 4.39 Å². The van der Waals surface area contributed by atoms with Crippen molar-refractivity contribution < 1.29 is 4.39 Å². The molecule has 0 amide bonds. The van der Waals surface area contributed by atoms with E-state index in [9.17, 15) is 4.39 Å². The summed E-state index contributed by atoms with van der Waals surface area (Å²) in [7, 11) is 0. The Labute approximate surface area is 120 Å². The van der Waals surface area contributed by atoms with Crippen molar-refractivity contribution in [3.05, 3.63) is 83.7 Å². The molecular formula is C19H19F. The minimum absolute atomic E-state index is 0.0176. The number of benzene rings is 2. The Morgan fingerprint density at radius 1 is 0.900 bits per heavy atom. The average Bonchev–Trinajstić information content (AvgIpc) is 2.52. The standard InChI is InChI=1S/C19H19F/c1-15-12-13-19(14-18(15)20,16-8-4-2-5-9-16)17-10-6-3-7-11-17/h2-11,14-15H,12-13H2,1H3. The van der Waals surface area contributed by atoms with E-state index in [1.807, 2.05) is 49.4 Å². The van der Waals surface area contributed by atoms with Crippen LogP contribution in [0, 0.1) is 5.92 Å². The minimum Gasteiger partial charge on any atom is -0.212 e. The van der Waals surface area contributed by atoms with Gasteiger partial charge in [0.2, 0.25) is 0 Å². The van der Waals surface area contributed by atoms with Crippen molar-refractivity contribution in [3.8, 4) is 0 Å². The minimum atomic E-state index is -0.320. The highest BCUT2D eigenvalue weighted by atomic mass is 19.1. The Morgan fingerprint density at radius 2 is 1.40 bits per heavy atom. The van der Waals surface area contributed by atoms with Crippen molar-refractivity contribution >= 4 is 0 Å². The number of rotatable bonds is 2. The highest BCUT2D eigenvalue weighted by Gasteiger charge is 2.36. The molecule has 0 N–H and O–H groups in total. The van der Waals surface area contributed by atoms with E-state index >= 15 is 0 Å². The van der Waals surface area contributed by atoms with Crippen molar-refractivity contribution in [2.75, 3.05) is 0 Å². The summed E-state index contributed by atoms with van der Waals surface area (Å²) in [5, 5.41) is 0. The average molecular weight is 266 g/mol. The van der Waals surface area contributed by atoms with Crippen LogP contribution in [-0.2, 0) is 5.41 Å². The fourth-order valence-electron chi connectivity index (χ4n) is 3.13. The van der Waals surface area contributed by atoms with Gasteiger partial charge in [-0.1, -0.05) is 67.6 Å². The van der Waals surface area contributed by atoms with Crippen molar-refractivity contribution in [1.82, 2.24) is 0 Å². The quantitative estimate of drug-likeness (QED) is 0.696. The van der Waals surface area contributed by atoms with Crippen LogP contribution in [0.5, 0.6) is 0 Å². The lowest BCUT2D eigenvalue weighted by atomic mass is 9.67. The summed E-state index contributed by atoms with van der Waals surface area (Å²) in [6.45, 7) is 1.96. The third kappa shape index (κ3) is 2.18. The van der Waals surface area contributed by atoms with Crippen LogP contribution < -0.4 is 0 Å². The monoisotopic (exact) mass is 266 g/mol. The van der Waals surface area contributed by atoms with Crippen LogP contribution in [0.25, 0.3) is 0 Å². The lowest BCUT2D eigenvalue weighted by Gasteiger charge is -2.37. The molecule has 20 heavy (non-hydrogen) atoms. The molecule has 0 fully saturated rings. The molecule has 102 valence electrons. The molecule has 0 saturated carbocycles. The van der Waals surface area contributed by atoms with Crippen LogP contribution in [0.1, 0.15) is 30.9 Å². The molecule has 1 aliphatic carbocycles. The third-order valence-electron chi connectivity index (χ3n) is 4.40. The van der Waals surface area contributed by atoms with E-state index in [-0.39, 0.29) is 17.2 Å². The molecule has 1 aliphatic rings. The molecule has 1 heteroatoms. The van der Waals surface area contributed by atoms with E-state index in [0.29, 0.717) is 0 Å². The van der Waals surface area contributed by atoms with Gasteiger partial charge in [-0.15, -0.1) is 0 Å². The van der Waals surface area contributed by atoms with E-state index in [1.165, 1.54) is 11.1 Å². The van der Waals surface area contributed by atoms with Gasteiger partial charge in [0, 0.05) is 11.3 Å². The highest BCUT2D eigenvalue weighted by molar-refractivity contribution is 5.46. The lowest BCUT2D eigenvalue weighted by Crippen LogP contribution is -2.30. The number of hydrogen-bond acceptors (Lipinski definition) is 0. The Morgan fingerprint density at radius 3 is 1.85 bits per heavy atom. The van der Waals surface area contributed by atoms with Crippen LogP contribution in [-0.4, -0.2) is 0 Å². The molecule has 0 nitrogen and oxygen atoms in total. The predicted octanol–water partition coefficient (Wildman–Crippen LogP) is 5.26. The maximum absolute atomic E-state index is 14.3. The zero-order chi connectivity index (χ0) is 14.0. The second kappa shape index (κ2) is 5.24. The topological polar surface area (TPSA) is 0 Å². The smallest absolute Gasteiger partial charge is 0.1000 e. The van der Waals surface area contributed by atoms with E-state index < -0.39 is 0 Å². The first kappa shape index (κ1) is 13.1. The normalized spacial score (nSPS) is 21.3. The van der Waals surface area contributed by atoms with Crippen LogP contribution in [0.3, 0.4) is 0 Å². The van der Waals surface area contributed by atoms with E-state index in [0.717, 1.165) is 12.8 Å². The third-order valence-corrected chi connectivity index (χ3v) is 4.40. The Balaban J connectivity index is 2.19. The zero-order valence-electron chi connectivity index (χ0n) is 11.7. The summed E-state index contributed by atoms with van der Waals surface area (Å²) >= 11 is 0. The molecule has 0 saturated heterocycles. The van der Waals surface area contributed by atoms with Gasteiger partial charge in [0.15, 0.2) is 0 Å². The first-order valence-electron chi connectivity index (χ1n) is 7.22. The molecule has 0 radical (unpaired) electrons. The second-order valence-electron chi connectivity index (χ2n) is 5.67. The lowest BCUT2D eigenvalue weighted by molar-refractivity contribution is 0.376. The summed E-state index contributed by atoms with van der Waals surface area (Å²) in [6, 6.07) is 20.6. The summed E-state index contributed by atoms with van der Waals surface area (Å²) in [5.41, 5.74) is 2.03. The second-order valence-corrected chi connectivity index (χ2v) is 5.67. The Kier molecular flexibility index (Phi) is 3.43. The number of halogens is 1. The maximum Gasteiger partial charge on any atom is 0.1000 e. The molecule has 1 unspecified atom stereocenters. The number of allylic oxidation sites excluding steroid dienone is 2. The van der Waals surface area contributed by atoms with Gasteiger partial charge in [-0.05, 0) is 30.0 Å². The van der Waals surface area contributed by atoms with Crippen LogP contribution >= 0.6 is 0 Å². The molecular weight excluding hydrogens is 247 g/mol. The molecule has 3 rings (SSSR count). The molecule has 2 aromatic rings. The summed E-state index contributed by atoms with van der Waals surface area (Å²) in [5.74, 6) is 0.0551. The molecule has 0 bridgehead atoms. The van der Waals surface area contributed by atoms with E-state index in [1.54, 1.807) is 0 Å². The van der Waals surface area contributed by atoms with Gasteiger partial charge in [0.05, 0.1) is 5.83 Å².